The molecule has 12 heavy (non-hydrogen) atoms. The lowest BCUT2D eigenvalue weighted by molar-refractivity contribution is 0.281. The highest BCUT2D eigenvalue weighted by atomic mass is 127. The second kappa shape index (κ2) is 4.70. The number of halogens is 1. The van der Waals surface area contributed by atoms with Crippen molar-refractivity contribution in [3.05, 3.63) is 11.3 Å². The van der Waals surface area contributed by atoms with Crippen LogP contribution in [0.2, 0.25) is 0 Å². The van der Waals surface area contributed by atoms with Gasteiger partial charge in [0.05, 0.1) is 18.8 Å². The van der Waals surface area contributed by atoms with Crippen LogP contribution in [0.5, 0.6) is 0 Å². The molecular formula is C9H12INO. The van der Waals surface area contributed by atoms with Crippen molar-refractivity contribution in [3.63, 3.8) is 0 Å². The Hall–Kier alpha value is -0.240. The number of hydrogen-bond donors (Lipinski definition) is 0. The first-order valence-corrected chi connectivity index (χ1v) is 5.59. The van der Waals surface area contributed by atoms with E-state index in [-0.39, 0.29) is 0 Å². The van der Waals surface area contributed by atoms with Gasteiger partial charge in [0.2, 0.25) is 0 Å². The first-order chi connectivity index (χ1) is 5.83. The first-order valence-electron chi connectivity index (χ1n) is 4.06. The summed E-state index contributed by atoms with van der Waals surface area (Å²) in [6.45, 7) is 0. The zero-order valence-corrected chi connectivity index (χ0v) is 9.30. The van der Waals surface area contributed by atoms with E-state index in [1.807, 2.05) is 0 Å². The van der Waals surface area contributed by atoms with Gasteiger partial charge in [-0.2, -0.15) is 5.26 Å². The summed E-state index contributed by atoms with van der Waals surface area (Å²) in [4.78, 5) is 0. The molecule has 0 saturated carbocycles. The van der Waals surface area contributed by atoms with Gasteiger partial charge in [-0.3, -0.25) is 0 Å². The molecule has 0 fully saturated rings. The van der Waals surface area contributed by atoms with Gasteiger partial charge >= 0.3 is 0 Å². The van der Waals surface area contributed by atoms with Crippen LogP contribution in [0.1, 0.15) is 19.3 Å². The fourth-order valence-corrected chi connectivity index (χ4v) is 2.35. The molecule has 0 aromatic rings. The van der Waals surface area contributed by atoms with E-state index in [4.69, 9.17) is 10.00 Å². The van der Waals surface area contributed by atoms with E-state index in [1.54, 1.807) is 7.11 Å². The molecule has 1 aliphatic rings. The van der Waals surface area contributed by atoms with E-state index in [2.05, 4.69) is 28.7 Å². The number of methoxy groups -OCH3 is 1. The zero-order valence-electron chi connectivity index (χ0n) is 7.14. The van der Waals surface area contributed by atoms with E-state index in [9.17, 15) is 0 Å². The van der Waals surface area contributed by atoms with Crippen LogP contribution in [0, 0.1) is 17.2 Å². The molecule has 66 valence electrons. The van der Waals surface area contributed by atoms with E-state index in [1.165, 1.54) is 0 Å². The normalized spacial score (nSPS) is 22.6. The Morgan fingerprint density at radius 2 is 2.50 bits per heavy atom. The van der Waals surface area contributed by atoms with E-state index in [0.29, 0.717) is 5.92 Å². The Labute approximate surface area is 86.7 Å². The number of hydrogen-bond acceptors (Lipinski definition) is 2. The second-order valence-corrected chi connectivity index (χ2v) is 3.94. The minimum Gasteiger partial charge on any atom is -0.500 e. The predicted octanol–water partition coefficient (Wildman–Crippen LogP) is 2.65. The van der Waals surface area contributed by atoms with Crippen molar-refractivity contribution < 1.29 is 4.74 Å². The lowest BCUT2D eigenvalue weighted by Crippen LogP contribution is -1.98. The number of nitriles is 1. The molecule has 0 N–H and O–H groups in total. The van der Waals surface area contributed by atoms with Gasteiger partial charge in [0, 0.05) is 10.8 Å². The minimum absolute atomic E-state index is 0.460. The molecule has 3 heteroatoms. The summed E-state index contributed by atoms with van der Waals surface area (Å²) in [5.41, 5.74) is 0.883. The van der Waals surface area contributed by atoms with Crippen molar-refractivity contribution in [1.82, 2.24) is 0 Å². The summed E-state index contributed by atoms with van der Waals surface area (Å²) in [7, 11) is 1.65. The third-order valence-corrected chi connectivity index (χ3v) is 2.88. The van der Waals surface area contributed by atoms with Crippen molar-refractivity contribution in [2.24, 2.45) is 5.92 Å². The number of ether oxygens (including phenoxy) is 1. The molecule has 0 aromatic carbocycles. The fourth-order valence-electron chi connectivity index (χ4n) is 1.60. The molecule has 1 unspecified atom stereocenters. The van der Waals surface area contributed by atoms with Crippen molar-refractivity contribution in [2.45, 2.75) is 19.3 Å². The highest BCUT2D eigenvalue weighted by Gasteiger charge is 2.25. The average molecular weight is 277 g/mol. The van der Waals surface area contributed by atoms with E-state index >= 15 is 0 Å². The number of nitrogens with zero attached hydrogens (tertiary/aromatic N) is 1. The summed E-state index contributed by atoms with van der Waals surface area (Å²) < 4.78 is 6.26. The van der Waals surface area contributed by atoms with Crippen LogP contribution in [0.25, 0.3) is 0 Å². The lowest BCUT2D eigenvalue weighted by Gasteiger charge is -2.05. The monoisotopic (exact) mass is 277 g/mol. The standard InChI is InChI=1S/C9H12INO/c1-12-9-3-2-7(4-5-10)8(9)6-11/h7H,2-5H2,1H3. The van der Waals surface area contributed by atoms with Gasteiger partial charge in [0.25, 0.3) is 0 Å². The minimum atomic E-state index is 0.460. The topological polar surface area (TPSA) is 33.0 Å². The molecule has 0 saturated heterocycles. The smallest absolute Gasteiger partial charge is 0.109 e. The molecule has 0 aliphatic heterocycles. The SMILES string of the molecule is COC1=C(C#N)C(CCI)CC1. The molecular weight excluding hydrogens is 265 g/mol. The van der Waals surface area contributed by atoms with Crippen LogP contribution in [0.4, 0.5) is 0 Å². The highest BCUT2D eigenvalue weighted by molar-refractivity contribution is 14.1. The van der Waals surface area contributed by atoms with Gasteiger partial charge in [-0.05, 0) is 18.8 Å². The number of allylic oxidation sites excluding steroid dienone is 2. The summed E-state index contributed by atoms with van der Waals surface area (Å²) in [6, 6.07) is 2.25. The fraction of sp³-hybridized carbons (Fsp3) is 0.667. The molecule has 0 radical (unpaired) electrons. The van der Waals surface area contributed by atoms with Crippen LogP contribution in [-0.2, 0) is 4.74 Å². The summed E-state index contributed by atoms with van der Waals surface area (Å²) in [5.74, 6) is 1.37. The van der Waals surface area contributed by atoms with Crippen molar-refractivity contribution in [2.75, 3.05) is 11.5 Å². The number of alkyl halides is 1. The molecule has 0 amide bonds. The number of rotatable bonds is 3. The van der Waals surface area contributed by atoms with Gasteiger partial charge in [0.15, 0.2) is 0 Å². The summed E-state index contributed by atoms with van der Waals surface area (Å²) >= 11 is 2.35. The van der Waals surface area contributed by atoms with Gasteiger partial charge in [-0.15, -0.1) is 0 Å². The third-order valence-electron chi connectivity index (χ3n) is 2.25. The Bertz CT molecular complexity index is 229. The second-order valence-electron chi connectivity index (χ2n) is 2.87. The molecule has 1 aliphatic carbocycles. The van der Waals surface area contributed by atoms with Crippen LogP contribution in [-0.4, -0.2) is 11.5 Å². The van der Waals surface area contributed by atoms with Crippen LogP contribution < -0.4 is 0 Å². The molecule has 2 nitrogen and oxygen atoms in total. The van der Waals surface area contributed by atoms with Crippen LogP contribution >= 0.6 is 22.6 Å². The maximum atomic E-state index is 8.87. The molecule has 1 atom stereocenters. The Morgan fingerprint density at radius 3 is 3.00 bits per heavy atom. The van der Waals surface area contributed by atoms with Crippen molar-refractivity contribution >= 4 is 22.6 Å². The summed E-state index contributed by atoms with van der Waals surface area (Å²) in [5, 5.41) is 8.87. The van der Waals surface area contributed by atoms with Crippen molar-refractivity contribution in [1.29, 1.82) is 5.26 Å². The third kappa shape index (κ3) is 1.92. The van der Waals surface area contributed by atoms with Crippen molar-refractivity contribution in [3.8, 4) is 6.07 Å². The Balaban J connectivity index is 2.71. The average Bonchev–Trinajstić information content (AvgIpc) is 2.47. The van der Waals surface area contributed by atoms with E-state index < -0.39 is 0 Å². The van der Waals surface area contributed by atoms with E-state index in [0.717, 1.165) is 35.0 Å². The molecule has 0 spiro atoms. The largest absolute Gasteiger partial charge is 0.500 e. The Morgan fingerprint density at radius 1 is 1.75 bits per heavy atom. The maximum Gasteiger partial charge on any atom is 0.109 e. The molecule has 0 bridgehead atoms. The first kappa shape index (κ1) is 9.85. The molecule has 0 heterocycles. The van der Waals surface area contributed by atoms with Gasteiger partial charge in [-0.25, -0.2) is 0 Å². The van der Waals surface area contributed by atoms with Crippen LogP contribution in [0.15, 0.2) is 11.3 Å². The molecule has 0 aromatic heterocycles. The van der Waals surface area contributed by atoms with Crippen LogP contribution in [0.3, 0.4) is 0 Å². The lowest BCUT2D eigenvalue weighted by atomic mass is 10.00. The Kier molecular flexibility index (Phi) is 3.86. The maximum absolute atomic E-state index is 8.87. The van der Waals surface area contributed by atoms with Gasteiger partial charge in [0.1, 0.15) is 5.76 Å². The quantitative estimate of drug-likeness (QED) is 0.587. The summed E-state index contributed by atoms with van der Waals surface area (Å²) in [6.07, 6.45) is 3.14. The predicted molar refractivity (Wildman–Crippen MR) is 55.9 cm³/mol. The van der Waals surface area contributed by atoms with Gasteiger partial charge < -0.3 is 4.74 Å². The highest BCUT2D eigenvalue weighted by Crippen LogP contribution is 2.34. The molecule has 1 rings (SSSR count). The zero-order chi connectivity index (χ0) is 8.97. The van der Waals surface area contributed by atoms with Gasteiger partial charge in [-0.1, -0.05) is 22.6 Å².